The van der Waals surface area contributed by atoms with Gasteiger partial charge in [-0.25, -0.2) is 0 Å². The van der Waals surface area contributed by atoms with Crippen molar-refractivity contribution in [2.45, 2.75) is 26.4 Å². The normalized spacial score (nSPS) is 11.3. The van der Waals surface area contributed by atoms with E-state index in [9.17, 15) is 9.59 Å². The van der Waals surface area contributed by atoms with Crippen LogP contribution in [-0.2, 0) is 14.3 Å². The van der Waals surface area contributed by atoms with Crippen molar-refractivity contribution < 1.29 is 28.5 Å². The van der Waals surface area contributed by atoms with Crippen LogP contribution in [0.3, 0.4) is 0 Å². The van der Waals surface area contributed by atoms with Crippen LogP contribution >= 0.6 is 11.6 Å². The maximum Gasteiger partial charge on any atom is 0.310 e. The van der Waals surface area contributed by atoms with Crippen molar-refractivity contribution in [2.75, 3.05) is 26.1 Å². The lowest BCUT2D eigenvalue weighted by Gasteiger charge is -2.16. The summed E-state index contributed by atoms with van der Waals surface area (Å²) in [6.07, 6.45) is -0.975. The van der Waals surface area contributed by atoms with Crippen LogP contribution in [0.4, 0.5) is 5.69 Å². The summed E-state index contributed by atoms with van der Waals surface area (Å²) in [7, 11) is 3.05. The summed E-state index contributed by atoms with van der Waals surface area (Å²) >= 11 is 6.06. The van der Waals surface area contributed by atoms with E-state index in [0.717, 1.165) is 5.56 Å². The molecular formula is C21H24ClNO6. The number of halogens is 1. The summed E-state index contributed by atoms with van der Waals surface area (Å²) in [6, 6.07) is 10.3. The maximum atomic E-state index is 12.3. The Labute approximate surface area is 174 Å². The second-order valence-electron chi connectivity index (χ2n) is 6.20. The molecule has 0 bridgehead atoms. The van der Waals surface area contributed by atoms with Crippen molar-refractivity contribution in [1.29, 1.82) is 0 Å². The first kappa shape index (κ1) is 22.4. The van der Waals surface area contributed by atoms with Crippen LogP contribution in [0.15, 0.2) is 36.4 Å². The van der Waals surface area contributed by atoms with E-state index in [0.29, 0.717) is 28.0 Å². The Morgan fingerprint density at radius 3 is 2.34 bits per heavy atom. The Hall–Kier alpha value is -2.93. The molecule has 0 saturated carbocycles. The molecule has 8 heteroatoms. The van der Waals surface area contributed by atoms with Crippen LogP contribution in [0.5, 0.6) is 17.2 Å². The summed E-state index contributed by atoms with van der Waals surface area (Å²) in [5, 5.41) is 3.21. The molecule has 1 amide bonds. The number of carbonyl (C=O) groups excluding carboxylic acids is 2. The molecule has 29 heavy (non-hydrogen) atoms. The number of anilines is 1. The summed E-state index contributed by atoms with van der Waals surface area (Å²) in [4.78, 5) is 24.3. The number of esters is 1. The monoisotopic (exact) mass is 421 g/mol. The number of aryl methyl sites for hydroxylation is 1. The number of hydrogen-bond acceptors (Lipinski definition) is 6. The van der Waals surface area contributed by atoms with Gasteiger partial charge in [0, 0.05) is 11.1 Å². The van der Waals surface area contributed by atoms with Crippen LogP contribution in [0, 0.1) is 6.92 Å². The van der Waals surface area contributed by atoms with Crippen LogP contribution < -0.4 is 19.5 Å². The predicted octanol–water partition coefficient (Wildman–Crippen LogP) is 4.00. The predicted molar refractivity (Wildman–Crippen MR) is 110 cm³/mol. The molecule has 156 valence electrons. The molecule has 0 aliphatic heterocycles. The zero-order valence-corrected chi connectivity index (χ0v) is 17.5. The first-order valence-corrected chi connectivity index (χ1v) is 9.33. The Bertz CT molecular complexity index is 853. The van der Waals surface area contributed by atoms with Gasteiger partial charge >= 0.3 is 5.97 Å². The zero-order valence-electron chi connectivity index (χ0n) is 16.8. The fraction of sp³-hybridized carbons (Fsp3) is 0.333. The van der Waals surface area contributed by atoms with Gasteiger partial charge in [0.25, 0.3) is 5.91 Å². The van der Waals surface area contributed by atoms with E-state index in [1.54, 1.807) is 43.5 Å². The average molecular weight is 422 g/mol. The molecule has 2 aromatic rings. The Morgan fingerprint density at radius 2 is 1.72 bits per heavy atom. The van der Waals surface area contributed by atoms with Gasteiger partial charge in [-0.1, -0.05) is 11.6 Å². The van der Waals surface area contributed by atoms with Gasteiger partial charge in [0.2, 0.25) is 0 Å². The molecule has 1 N–H and O–H groups in total. The number of rotatable bonds is 9. The van der Waals surface area contributed by atoms with Gasteiger partial charge in [-0.05, 0) is 49.7 Å². The molecule has 1 atom stereocenters. The highest BCUT2D eigenvalue weighted by molar-refractivity contribution is 6.31. The molecule has 0 aliphatic rings. The summed E-state index contributed by atoms with van der Waals surface area (Å²) in [6.45, 7) is 3.43. The smallest absolute Gasteiger partial charge is 0.310 e. The van der Waals surface area contributed by atoms with Gasteiger partial charge in [0.05, 0.1) is 32.9 Å². The van der Waals surface area contributed by atoms with E-state index in [4.69, 9.17) is 30.5 Å². The van der Waals surface area contributed by atoms with E-state index in [2.05, 4.69) is 5.32 Å². The standard InChI is InChI=1S/C21H24ClNO6/c1-13-11-18(19(27-4)12-17(13)22)23-21(25)14(2)29-20(24)9-10-28-16-7-5-15(26-3)6-8-16/h5-8,11-12,14H,9-10H2,1-4H3,(H,23,25). The number of methoxy groups -OCH3 is 2. The SMILES string of the molecule is COc1ccc(OCCC(=O)OC(C)C(=O)Nc2cc(C)c(Cl)cc2OC)cc1. The second kappa shape index (κ2) is 10.6. The highest BCUT2D eigenvalue weighted by Crippen LogP contribution is 2.31. The van der Waals surface area contributed by atoms with Gasteiger partial charge < -0.3 is 24.3 Å². The molecule has 7 nitrogen and oxygen atoms in total. The summed E-state index contributed by atoms with van der Waals surface area (Å²) < 4.78 is 20.9. The first-order chi connectivity index (χ1) is 13.8. The lowest BCUT2D eigenvalue weighted by molar-refractivity contribution is -0.153. The molecule has 0 heterocycles. The van der Waals surface area contributed by atoms with E-state index in [1.165, 1.54) is 14.0 Å². The van der Waals surface area contributed by atoms with E-state index < -0.39 is 18.0 Å². The van der Waals surface area contributed by atoms with Crippen molar-refractivity contribution >= 4 is 29.2 Å². The number of ether oxygens (including phenoxy) is 4. The fourth-order valence-electron chi connectivity index (χ4n) is 2.40. The van der Waals surface area contributed by atoms with Crippen molar-refractivity contribution in [1.82, 2.24) is 0 Å². The Morgan fingerprint density at radius 1 is 1.07 bits per heavy atom. The minimum atomic E-state index is -0.982. The van der Waals surface area contributed by atoms with Crippen molar-refractivity contribution in [3.05, 3.63) is 47.0 Å². The van der Waals surface area contributed by atoms with Crippen molar-refractivity contribution in [2.24, 2.45) is 0 Å². The minimum Gasteiger partial charge on any atom is -0.497 e. The van der Waals surface area contributed by atoms with E-state index in [-0.39, 0.29) is 13.0 Å². The van der Waals surface area contributed by atoms with Gasteiger partial charge in [-0.3, -0.25) is 9.59 Å². The highest BCUT2D eigenvalue weighted by Gasteiger charge is 2.20. The average Bonchev–Trinajstić information content (AvgIpc) is 2.70. The Balaban J connectivity index is 1.82. The second-order valence-corrected chi connectivity index (χ2v) is 6.60. The van der Waals surface area contributed by atoms with Crippen LogP contribution in [-0.4, -0.2) is 38.8 Å². The maximum absolute atomic E-state index is 12.3. The van der Waals surface area contributed by atoms with Gasteiger partial charge in [0.15, 0.2) is 6.10 Å². The molecule has 0 fully saturated rings. The number of benzene rings is 2. The lowest BCUT2D eigenvalue weighted by atomic mass is 10.2. The Kier molecular flexibility index (Phi) is 8.15. The number of hydrogen-bond donors (Lipinski definition) is 1. The molecular weight excluding hydrogens is 398 g/mol. The molecule has 0 aromatic heterocycles. The van der Waals surface area contributed by atoms with Crippen molar-refractivity contribution in [3.63, 3.8) is 0 Å². The molecule has 0 spiro atoms. The molecule has 2 aromatic carbocycles. The quantitative estimate of drug-likeness (QED) is 0.616. The number of nitrogens with one attached hydrogen (secondary N) is 1. The molecule has 2 rings (SSSR count). The molecule has 0 radical (unpaired) electrons. The third kappa shape index (κ3) is 6.57. The van der Waals surface area contributed by atoms with Gasteiger partial charge in [-0.15, -0.1) is 0 Å². The van der Waals surface area contributed by atoms with Gasteiger partial charge in [-0.2, -0.15) is 0 Å². The summed E-state index contributed by atoms with van der Waals surface area (Å²) in [5.74, 6) is 0.717. The highest BCUT2D eigenvalue weighted by atomic mass is 35.5. The van der Waals surface area contributed by atoms with Crippen LogP contribution in [0.1, 0.15) is 18.9 Å². The number of amides is 1. The zero-order chi connectivity index (χ0) is 21.4. The van der Waals surface area contributed by atoms with E-state index >= 15 is 0 Å². The van der Waals surface area contributed by atoms with Crippen LogP contribution in [0.25, 0.3) is 0 Å². The number of carbonyl (C=O) groups is 2. The third-order valence-electron chi connectivity index (χ3n) is 4.05. The van der Waals surface area contributed by atoms with Crippen LogP contribution in [0.2, 0.25) is 5.02 Å². The minimum absolute atomic E-state index is 0.00697. The largest absolute Gasteiger partial charge is 0.497 e. The van der Waals surface area contributed by atoms with E-state index in [1.807, 2.05) is 6.92 Å². The molecule has 0 saturated heterocycles. The third-order valence-corrected chi connectivity index (χ3v) is 4.46. The fourth-order valence-corrected chi connectivity index (χ4v) is 2.55. The summed E-state index contributed by atoms with van der Waals surface area (Å²) in [5.41, 5.74) is 1.23. The first-order valence-electron chi connectivity index (χ1n) is 8.95. The topological polar surface area (TPSA) is 83.1 Å². The lowest BCUT2D eigenvalue weighted by Crippen LogP contribution is -2.30. The molecule has 1 unspecified atom stereocenters. The van der Waals surface area contributed by atoms with Gasteiger partial charge in [0.1, 0.15) is 17.2 Å². The molecule has 0 aliphatic carbocycles. The van der Waals surface area contributed by atoms with Crippen molar-refractivity contribution in [3.8, 4) is 17.2 Å².